The molecule has 0 radical (unpaired) electrons. The van der Waals surface area contributed by atoms with E-state index in [1.807, 2.05) is 30.3 Å². The van der Waals surface area contributed by atoms with Crippen molar-refractivity contribution in [2.45, 2.75) is 61.6 Å². The van der Waals surface area contributed by atoms with Gasteiger partial charge in [-0.25, -0.2) is 0 Å². The van der Waals surface area contributed by atoms with Crippen molar-refractivity contribution in [2.24, 2.45) is 11.8 Å². The van der Waals surface area contributed by atoms with Gasteiger partial charge in [0.1, 0.15) is 6.04 Å². The summed E-state index contributed by atoms with van der Waals surface area (Å²) in [6.07, 6.45) is 5.41. The van der Waals surface area contributed by atoms with E-state index in [0.717, 1.165) is 24.8 Å². The van der Waals surface area contributed by atoms with Crippen LogP contribution in [0.2, 0.25) is 0 Å². The zero-order chi connectivity index (χ0) is 25.0. The summed E-state index contributed by atoms with van der Waals surface area (Å²) in [4.78, 5) is 44.6. The average Bonchev–Trinajstić information content (AvgIpc) is 3.49. The summed E-state index contributed by atoms with van der Waals surface area (Å²) >= 11 is 1.66. The van der Waals surface area contributed by atoms with E-state index in [9.17, 15) is 19.5 Å². The minimum Gasteiger partial charge on any atom is -0.466 e. The Morgan fingerprint density at radius 1 is 1.29 bits per heavy atom. The minimum absolute atomic E-state index is 0.0109. The lowest BCUT2D eigenvalue weighted by molar-refractivity contribution is -0.153. The van der Waals surface area contributed by atoms with E-state index in [0.29, 0.717) is 32.5 Å². The van der Waals surface area contributed by atoms with E-state index in [1.54, 1.807) is 34.6 Å². The van der Waals surface area contributed by atoms with Crippen molar-refractivity contribution in [3.63, 3.8) is 0 Å². The number of hydrogen-bond donors (Lipinski definition) is 1. The highest BCUT2D eigenvalue weighted by atomic mass is 32.2. The fourth-order valence-electron chi connectivity index (χ4n) is 6.12. The first-order chi connectivity index (χ1) is 17.0. The molecule has 4 rings (SSSR count). The van der Waals surface area contributed by atoms with E-state index in [4.69, 9.17) is 4.74 Å². The maximum Gasteiger partial charge on any atom is 0.310 e. The molecule has 3 aliphatic rings. The molecule has 3 fully saturated rings. The lowest BCUT2D eigenvalue weighted by atomic mass is 9.71. The van der Waals surface area contributed by atoms with Crippen LogP contribution < -0.4 is 0 Å². The molecule has 0 aliphatic carbocycles. The van der Waals surface area contributed by atoms with Crippen molar-refractivity contribution in [3.05, 3.63) is 48.6 Å². The van der Waals surface area contributed by atoms with Gasteiger partial charge in [0.15, 0.2) is 0 Å². The largest absolute Gasteiger partial charge is 0.466 e. The maximum absolute atomic E-state index is 14.2. The number of carbonyl (C=O) groups is 3. The normalized spacial score (nSPS) is 28.7. The number of esters is 1. The highest BCUT2D eigenvalue weighted by Gasteiger charge is 2.74. The second-order valence-electron chi connectivity index (χ2n) is 9.62. The van der Waals surface area contributed by atoms with E-state index < -0.39 is 22.6 Å². The first-order valence-electron chi connectivity index (χ1n) is 12.7. The molecule has 1 aromatic rings. The number of likely N-dealkylation sites (tertiary alicyclic amines) is 1. The number of ether oxygens (including phenoxy) is 1. The van der Waals surface area contributed by atoms with Gasteiger partial charge >= 0.3 is 5.97 Å². The van der Waals surface area contributed by atoms with Gasteiger partial charge in [-0.1, -0.05) is 36.4 Å². The number of carbonyl (C=O) groups excluding carboxylic acids is 3. The van der Waals surface area contributed by atoms with Crippen molar-refractivity contribution in [1.82, 2.24) is 9.80 Å². The Labute approximate surface area is 211 Å². The molecule has 5 atom stereocenters. The van der Waals surface area contributed by atoms with Crippen LogP contribution in [0.25, 0.3) is 0 Å². The van der Waals surface area contributed by atoms with Gasteiger partial charge in [-0.05, 0) is 44.6 Å². The van der Waals surface area contributed by atoms with Gasteiger partial charge in [-0.2, -0.15) is 0 Å². The Bertz CT molecular complexity index is 941. The van der Waals surface area contributed by atoms with E-state index in [2.05, 4.69) is 6.58 Å². The van der Waals surface area contributed by atoms with Crippen molar-refractivity contribution in [3.8, 4) is 0 Å². The predicted octanol–water partition coefficient (Wildman–Crippen LogP) is 3.02. The molecule has 1 aromatic carbocycles. The highest BCUT2D eigenvalue weighted by molar-refractivity contribution is 8.02. The fraction of sp³-hybridized carbons (Fsp3) is 0.593. The number of amides is 2. The van der Waals surface area contributed by atoms with Crippen LogP contribution in [0.15, 0.2) is 43.0 Å². The van der Waals surface area contributed by atoms with Crippen LogP contribution in [0.4, 0.5) is 0 Å². The molecule has 7 nitrogen and oxygen atoms in total. The molecule has 1 spiro atoms. The number of rotatable bonds is 12. The maximum atomic E-state index is 14.2. The molecular weight excluding hydrogens is 464 g/mol. The predicted molar refractivity (Wildman–Crippen MR) is 135 cm³/mol. The molecule has 190 valence electrons. The third-order valence-corrected chi connectivity index (χ3v) is 9.48. The molecule has 3 saturated heterocycles. The zero-order valence-corrected chi connectivity index (χ0v) is 21.3. The van der Waals surface area contributed by atoms with Crippen molar-refractivity contribution < 1.29 is 24.2 Å². The molecule has 2 unspecified atom stereocenters. The molecule has 0 aromatic heterocycles. The van der Waals surface area contributed by atoms with Gasteiger partial charge in [0.05, 0.1) is 23.2 Å². The summed E-state index contributed by atoms with van der Waals surface area (Å²) in [7, 11) is 0. The molecule has 0 saturated carbocycles. The Hall–Kier alpha value is -2.32. The molecule has 8 heteroatoms. The second-order valence-corrected chi connectivity index (χ2v) is 11.2. The van der Waals surface area contributed by atoms with Gasteiger partial charge in [-0.15, -0.1) is 18.3 Å². The average molecular weight is 501 g/mol. The Morgan fingerprint density at radius 3 is 2.74 bits per heavy atom. The molecule has 3 aliphatic heterocycles. The Balaban J connectivity index is 1.67. The van der Waals surface area contributed by atoms with Crippen LogP contribution in [-0.2, 0) is 25.7 Å². The van der Waals surface area contributed by atoms with Crippen LogP contribution in [0.1, 0.15) is 44.6 Å². The number of thioether (sulfide) groups is 1. The summed E-state index contributed by atoms with van der Waals surface area (Å²) in [5.74, 6) is -1.52. The fourth-order valence-corrected chi connectivity index (χ4v) is 8.32. The number of fused-ring (bicyclic) bond motifs is 1. The quantitative estimate of drug-likeness (QED) is 0.270. The standard InChI is InChI=1S/C27H36N2O5S/c1-3-15-28(18-19-11-7-5-8-12-19)25(32)23-27-14-13-20(35-27)21(26(33)34-4-2)22(27)24(31)29(23)16-9-6-10-17-30/h3,5,7-8,11-12,20-23,30H,1,4,6,9-10,13-18H2,2H3/t20-,21+,22+,23?,27?/m1/s1. The number of benzene rings is 1. The second kappa shape index (κ2) is 11.2. The van der Waals surface area contributed by atoms with Crippen LogP contribution in [0.5, 0.6) is 0 Å². The summed E-state index contributed by atoms with van der Waals surface area (Å²) in [5.41, 5.74) is 1.02. The summed E-state index contributed by atoms with van der Waals surface area (Å²) in [6.45, 7) is 7.28. The summed E-state index contributed by atoms with van der Waals surface area (Å²) in [5, 5.41) is 9.19. The number of unbranched alkanes of at least 4 members (excludes halogenated alkanes) is 2. The van der Waals surface area contributed by atoms with Gasteiger partial charge in [0, 0.05) is 31.5 Å². The number of hydrogen-bond acceptors (Lipinski definition) is 6. The lowest BCUT2D eigenvalue weighted by Crippen LogP contribution is -2.54. The van der Waals surface area contributed by atoms with Gasteiger partial charge < -0.3 is 19.6 Å². The molecule has 35 heavy (non-hydrogen) atoms. The zero-order valence-electron chi connectivity index (χ0n) is 20.4. The van der Waals surface area contributed by atoms with Crippen LogP contribution in [-0.4, -0.2) is 75.0 Å². The SMILES string of the molecule is C=CCN(Cc1ccccc1)C(=O)C1N(CCCCCO)C(=O)[C@@H]2[C@@H](C(=O)OCC)[C@H]3CCC12S3. The van der Waals surface area contributed by atoms with Gasteiger partial charge in [0.2, 0.25) is 11.8 Å². The molecule has 1 N–H and O–H groups in total. The monoisotopic (exact) mass is 500 g/mol. The van der Waals surface area contributed by atoms with Crippen LogP contribution >= 0.6 is 11.8 Å². The Kier molecular flexibility index (Phi) is 8.22. The van der Waals surface area contributed by atoms with E-state index >= 15 is 0 Å². The number of nitrogens with zero attached hydrogens (tertiary/aromatic N) is 2. The third-order valence-electron chi connectivity index (χ3n) is 7.53. The molecule has 2 bridgehead atoms. The molecule has 2 amide bonds. The van der Waals surface area contributed by atoms with Crippen molar-refractivity contribution in [1.29, 1.82) is 0 Å². The third kappa shape index (κ3) is 4.75. The number of aliphatic hydroxyl groups excluding tert-OH is 1. The van der Waals surface area contributed by atoms with E-state index in [1.165, 1.54) is 0 Å². The molecular formula is C27H36N2O5S. The minimum atomic E-state index is -0.618. The number of aliphatic hydroxyl groups is 1. The van der Waals surface area contributed by atoms with Crippen molar-refractivity contribution >= 4 is 29.5 Å². The molecule has 3 heterocycles. The highest BCUT2D eigenvalue weighted by Crippen LogP contribution is 2.66. The Morgan fingerprint density at radius 2 is 2.06 bits per heavy atom. The van der Waals surface area contributed by atoms with Crippen LogP contribution in [0, 0.1) is 11.8 Å². The van der Waals surface area contributed by atoms with E-state index in [-0.39, 0.29) is 36.2 Å². The van der Waals surface area contributed by atoms with Crippen LogP contribution in [0.3, 0.4) is 0 Å². The summed E-state index contributed by atoms with van der Waals surface area (Å²) in [6, 6.07) is 9.21. The van der Waals surface area contributed by atoms with Gasteiger partial charge in [0.25, 0.3) is 0 Å². The smallest absolute Gasteiger partial charge is 0.310 e. The lowest BCUT2D eigenvalue weighted by Gasteiger charge is -2.37. The topological polar surface area (TPSA) is 87.2 Å². The first-order valence-corrected chi connectivity index (χ1v) is 13.6. The van der Waals surface area contributed by atoms with Crippen molar-refractivity contribution in [2.75, 3.05) is 26.3 Å². The van der Waals surface area contributed by atoms with Gasteiger partial charge in [-0.3, -0.25) is 14.4 Å². The summed E-state index contributed by atoms with van der Waals surface area (Å²) < 4.78 is 4.77. The first kappa shape index (κ1) is 25.8.